The van der Waals surface area contributed by atoms with E-state index in [1.165, 1.54) is 18.5 Å². The van der Waals surface area contributed by atoms with Gasteiger partial charge in [0.15, 0.2) is 0 Å². The molecule has 0 spiro atoms. The van der Waals surface area contributed by atoms with Crippen LogP contribution in [0.15, 0.2) is 30.6 Å². The first-order valence-corrected chi connectivity index (χ1v) is 7.10. The summed E-state index contributed by atoms with van der Waals surface area (Å²) in [5.74, 6) is -0.0987. The van der Waals surface area contributed by atoms with E-state index in [0.717, 1.165) is 20.7 Å². The molecule has 3 rings (SSSR count). The quantitative estimate of drug-likeness (QED) is 0.796. The molecule has 0 aliphatic carbocycles. The predicted molar refractivity (Wildman–Crippen MR) is 80.4 cm³/mol. The van der Waals surface area contributed by atoms with Crippen LogP contribution in [0.3, 0.4) is 0 Å². The molecule has 21 heavy (non-hydrogen) atoms. The van der Waals surface area contributed by atoms with Crippen LogP contribution in [0, 0.1) is 13.8 Å². The summed E-state index contributed by atoms with van der Waals surface area (Å²) in [7, 11) is 0. The number of hydrogen-bond acceptors (Lipinski definition) is 5. The maximum absolute atomic E-state index is 11.0. The first-order chi connectivity index (χ1) is 10.1. The van der Waals surface area contributed by atoms with Gasteiger partial charge in [-0.25, -0.2) is 14.8 Å². The number of thiophene rings is 1. The van der Waals surface area contributed by atoms with Crippen LogP contribution in [0.2, 0.25) is 0 Å². The number of ether oxygens (including phenoxy) is 1. The van der Waals surface area contributed by atoms with Crippen LogP contribution in [-0.4, -0.2) is 21.0 Å². The van der Waals surface area contributed by atoms with E-state index in [-0.39, 0.29) is 5.56 Å². The van der Waals surface area contributed by atoms with Crippen LogP contribution in [0.5, 0.6) is 11.6 Å². The van der Waals surface area contributed by atoms with Gasteiger partial charge in [0.1, 0.15) is 16.9 Å². The van der Waals surface area contributed by atoms with Crippen molar-refractivity contribution in [2.24, 2.45) is 0 Å². The van der Waals surface area contributed by atoms with Crippen molar-refractivity contribution in [2.75, 3.05) is 0 Å². The van der Waals surface area contributed by atoms with Gasteiger partial charge in [-0.3, -0.25) is 0 Å². The van der Waals surface area contributed by atoms with E-state index >= 15 is 0 Å². The molecule has 0 fully saturated rings. The van der Waals surface area contributed by atoms with Gasteiger partial charge < -0.3 is 9.84 Å². The summed E-state index contributed by atoms with van der Waals surface area (Å²) in [6.07, 6.45) is 1.45. The summed E-state index contributed by atoms with van der Waals surface area (Å²) >= 11 is 1.59. The largest absolute Gasteiger partial charge is 0.478 e. The van der Waals surface area contributed by atoms with Crippen molar-refractivity contribution in [1.29, 1.82) is 0 Å². The Balaban J connectivity index is 2.06. The lowest BCUT2D eigenvalue weighted by molar-refractivity contribution is 0.0696. The molecule has 0 unspecified atom stereocenters. The number of aromatic carboxylic acids is 1. The molecule has 0 saturated heterocycles. The molecule has 6 heteroatoms. The summed E-state index contributed by atoms with van der Waals surface area (Å²) in [6, 6.07) is 6.34. The Bertz CT molecular complexity index is 842. The Kier molecular flexibility index (Phi) is 3.31. The number of rotatable bonds is 3. The van der Waals surface area contributed by atoms with E-state index in [1.807, 2.05) is 13.8 Å². The van der Waals surface area contributed by atoms with E-state index in [1.54, 1.807) is 23.5 Å². The Morgan fingerprint density at radius 3 is 2.86 bits per heavy atom. The number of benzene rings is 1. The van der Waals surface area contributed by atoms with Crippen molar-refractivity contribution in [3.05, 3.63) is 46.6 Å². The summed E-state index contributed by atoms with van der Waals surface area (Å²) in [4.78, 5) is 21.4. The summed E-state index contributed by atoms with van der Waals surface area (Å²) in [5, 5.41) is 9.89. The number of carboxylic acids is 1. The summed E-state index contributed by atoms with van der Waals surface area (Å²) in [6.45, 7) is 4.02. The zero-order valence-electron chi connectivity index (χ0n) is 11.5. The summed E-state index contributed by atoms with van der Waals surface area (Å²) in [5.41, 5.74) is 1.26. The standard InChI is InChI=1S/C15H12N2O3S/c1-8-9(2)21-14-12(8)13(16-7-17-14)20-11-5-3-4-10(6-11)15(18)19/h3-7H,1-2H3,(H,18,19). The van der Waals surface area contributed by atoms with Crippen LogP contribution in [0.1, 0.15) is 20.8 Å². The lowest BCUT2D eigenvalue weighted by Gasteiger charge is -2.07. The molecule has 0 amide bonds. The van der Waals surface area contributed by atoms with E-state index in [9.17, 15) is 4.79 Å². The van der Waals surface area contributed by atoms with Crippen molar-refractivity contribution in [1.82, 2.24) is 9.97 Å². The van der Waals surface area contributed by atoms with Crippen molar-refractivity contribution in [2.45, 2.75) is 13.8 Å². The van der Waals surface area contributed by atoms with Crippen molar-refractivity contribution >= 4 is 27.5 Å². The van der Waals surface area contributed by atoms with Gasteiger partial charge in [-0.05, 0) is 37.6 Å². The fourth-order valence-electron chi connectivity index (χ4n) is 2.03. The number of fused-ring (bicyclic) bond motifs is 1. The van der Waals surface area contributed by atoms with Gasteiger partial charge in [-0.15, -0.1) is 11.3 Å². The van der Waals surface area contributed by atoms with Gasteiger partial charge in [-0.1, -0.05) is 6.07 Å². The van der Waals surface area contributed by atoms with Crippen LogP contribution < -0.4 is 4.74 Å². The number of carboxylic acid groups (broad SMARTS) is 1. The average molecular weight is 300 g/mol. The first kappa shape index (κ1) is 13.5. The maximum atomic E-state index is 11.0. The number of nitrogens with zero attached hydrogens (tertiary/aromatic N) is 2. The first-order valence-electron chi connectivity index (χ1n) is 6.28. The minimum absolute atomic E-state index is 0.177. The fourth-order valence-corrected chi connectivity index (χ4v) is 3.02. The van der Waals surface area contributed by atoms with E-state index in [2.05, 4.69) is 9.97 Å². The second kappa shape index (κ2) is 5.14. The average Bonchev–Trinajstić information content (AvgIpc) is 2.75. The van der Waals surface area contributed by atoms with Crippen molar-refractivity contribution in [3.8, 4) is 11.6 Å². The number of aryl methyl sites for hydroxylation is 2. The molecule has 0 aliphatic heterocycles. The lowest BCUT2D eigenvalue weighted by Crippen LogP contribution is -1.97. The smallest absolute Gasteiger partial charge is 0.335 e. The zero-order chi connectivity index (χ0) is 15.0. The van der Waals surface area contributed by atoms with Gasteiger partial charge in [0.05, 0.1) is 10.9 Å². The molecule has 0 bridgehead atoms. The number of aromatic nitrogens is 2. The Labute approximate surface area is 124 Å². The Hall–Kier alpha value is -2.47. The van der Waals surface area contributed by atoms with E-state index < -0.39 is 5.97 Å². The van der Waals surface area contributed by atoms with Crippen LogP contribution in [0.4, 0.5) is 0 Å². The summed E-state index contributed by atoms with van der Waals surface area (Å²) < 4.78 is 5.77. The highest BCUT2D eigenvalue weighted by Crippen LogP contribution is 2.35. The molecule has 2 aromatic heterocycles. The van der Waals surface area contributed by atoms with Gasteiger partial charge in [0, 0.05) is 4.88 Å². The number of hydrogen-bond donors (Lipinski definition) is 1. The molecule has 1 N–H and O–H groups in total. The molecule has 0 atom stereocenters. The molecular weight excluding hydrogens is 288 g/mol. The Morgan fingerprint density at radius 2 is 2.10 bits per heavy atom. The molecule has 5 nitrogen and oxygen atoms in total. The molecule has 106 valence electrons. The lowest BCUT2D eigenvalue weighted by atomic mass is 10.2. The minimum Gasteiger partial charge on any atom is -0.478 e. The van der Waals surface area contributed by atoms with E-state index in [4.69, 9.17) is 9.84 Å². The second-order valence-corrected chi connectivity index (χ2v) is 5.78. The third kappa shape index (κ3) is 2.45. The molecule has 0 saturated carbocycles. The van der Waals surface area contributed by atoms with Gasteiger partial charge in [-0.2, -0.15) is 0 Å². The highest BCUT2D eigenvalue weighted by Gasteiger charge is 2.14. The topological polar surface area (TPSA) is 72.3 Å². The third-order valence-electron chi connectivity index (χ3n) is 3.23. The van der Waals surface area contributed by atoms with Gasteiger partial charge in [0.2, 0.25) is 5.88 Å². The minimum atomic E-state index is -0.990. The third-order valence-corrected chi connectivity index (χ3v) is 4.34. The monoisotopic (exact) mass is 300 g/mol. The Morgan fingerprint density at radius 1 is 1.29 bits per heavy atom. The molecule has 1 aromatic carbocycles. The van der Waals surface area contributed by atoms with Crippen LogP contribution >= 0.6 is 11.3 Å². The predicted octanol–water partition coefficient (Wildman–Crippen LogP) is 3.80. The van der Waals surface area contributed by atoms with Crippen molar-refractivity contribution < 1.29 is 14.6 Å². The number of carbonyl (C=O) groups is 1. The normalized spacial score (nSPS) is 10.8. The van der Waals surface area contributed by atoms with Gasteiger partial charge >= 0.3 is 5.97 Å². The maximum Gasteiger partial charge on any atom is 0.335 e. The van der Waals surface area contributed by atoms with Crippen LogP contribution in [-0.2, 0) is 0 Å². The van der Waals surface area contributed by atoms with Gasteiger partial charge in [0.25, 0.3) is 0 Å². The highest BCUT2D eigenvalue weighted by atomic mass is 32.1. The van der Waals surface area contributed by atoms with Crippen LogP contribution in [0.25, 0.3) is 10.2 Å². The second-order valence-electron chi connectivity index (χ2n) is 4.58. The fraction of sp³-hybridized carbons (Fsp3) is 0.133. The molecule has 0 radical (unpaired) electrons. The zero-order valence-corrected chi connectivity index (χ0v) is 12.3. The molecular formula is C15H12N2O3S. The SMILES string of the molecule is Cc1sc2ncnc(Oc3cccc(C(=O)O)c3)c2c1C. The molecule has 3 aromatic rings. The van der Waals surface area contributed by atoms with Crippen molar-refractivity contribution in [3.63, 3.8) is 0 Å². The highest BCUT2D eigenvalue weighted by molar-refractivity contribution is 7.18. The molecule has 0 aliphatic rings. The molecule has 2 heterocycles. The van der Waals surface area contributed by atoms with E-state index in [0.29, 0.717) is 11.6 Å².